The van der Waals surface area contributed by atoms with E-state index in [1.54, 1.807) is 6.92 Å². The third kappa shape index (κ3) is 2.94. The van der Waals surface area contributed by atoms with Crippen molar-refractivity contribution in [3.63, 3.8) is 0 Å². The first kappa shape index (κ1) is 14.1. The Bertz CT molecular complexity index is 776. The van der Waals surface area contributed by atoms with E-state index in [2.05, 4.69) is 28.1 Å². The summed E-state index contributed by atoms with van der Waals surface area (Å²) in [6.45, 7) is 1.73. The number of aliphatic hydroxyl groups is 1. The summed E-state index contributed by atoms with van der Waals surface area (Å²) in [5.41, 5.74) is 0.761. The normalized spacial score (nSPS) is 12.3. The second-order valence-electron chi connectivity index (χ2n) is 4.94. The molecule has 1 N–H and O–H groups in total. The molecule has 0 aliphatic rings. The molecule has 0 saturated heterocycles. The van der Waals surface area contributed by atoms with Gasteiger partial charge in [-0.25, -0.2) is 0 Å². The topological polar surface area (TPSA) is 29.5 Å². The fourth-order valence-corrected chi connectivity index (χ4v) is 2.72. The molecule has 3 aromatic carbocycles. The summed E-state index contributed by atoms with van der Waals surface area (Å²) in [6.07, 6.45) is -0.590. The highest BCUT2D eigenvalue weighted by Crippen LogP contribution is 2.35. The van der Waals surface area contributed by atoms with Crippen LogP contribution in [-0.2, 0) is 0 Å². The van der Waals surface area contributed by atoms with Crippen molar-refractivity contribution in [1.29, 1.82) is 0 Å². The minimum atomic E-state index is -0.590. The van der Waals surface area contributed by atoms with Gasteiger partial charge in [0.05, 0.1) is 6.10 Å². The summed E-state index contributed by atoms with van der Waals surface area (Å²) in [7, 11) is 0. The van der Waals surface area contributed by atoms with E-state index in [0.29, 0.717) is 5.75 Å². The molecule has 0 aliphatic carbocycles. The molecule has 0 fully saturated rings. The van der Waals surface area contributed by atoms with E-state index in [1.807, 2.05) is 48.5 Å². The van der Waals surface area contributed by atoms with Gasteiger partial charge in [-0.1, -0.05) is 52.3 Å². The number of halogens is 1. The predicted octanol–water partition coefficient (Wildman–Crippen LogP) is 5.45. The molecule has 106 valence electrons. The minimum absolute atomic E-state index is 0.590. The lowest BCUT2D eigenvalue weighted by atomic mass is 10.1. The van der Waals surface area contributed by atoms with Gasteiger partial charge in [0.15, 0.2) is 0 Å². The van der Waals surface area contributed by atoms with Gasteiger partial charge in [0.25, 0.3) is 0 Å². The highest BCUT2D eigenvalue weighted by molar-refractivity contribution is 9.10. The Kier molecular flexibility index (Phi) is 3.95. The van der Waals surface area contributed by atoms with Gasteiger partial charge in [-0.3, -0.25) is 0 Å². The van der Waals surface area contributed by atoms with Crippen LogP contribution in [0.2, 0.25) is 0 Å². The molecule has 0 saturated carbocycles. The van der Waals surface area contributed by atoms with Crippen LogP contribution in [-0.4, -0.2) is 5.11 Å². The lowest BCUT2D eigenvalue weighted by Gasteiger charge is -2.15. The first-order chi connectivity index (χ1) is 10.1. The van der Waals surface area contributed by atoms with E-state index in [0.717, 1.165) is 26.6 Å². The average Bonchev–Trinajstić information content (AvgIpc) is 2.49. The smallest absolute Gasteiger partial charge is 0.135 e. The highest BCUT2D eigenvalue weighted by atomic mass is 79.9. The van der Waals surface area contributed by atoms with Crippen molar-refractivity contribution in [2.24, 2.45) is 0 Å². The Hall–Kier alpha value is -1.84. The summed E-state index contributed by atoms with van der Waals surface area (Å²) >= 11 is 3.42. The third-order valence-electron chi connectivity index (χ3n) is 3.39. The number of hydrogen-bond donors (Lipinski definition) is 1. The van der Waals surface area contributed by atoms with E-state index in [-0.39, 0.29) is 0 Å². The zero-order valence-corrected chi connectivity index (χ0v) is 13.2. The molecule has 3 heteroatoms. The lowest BCUT2D eigenvalue weighted by molar-refractivity contribution is 0.195. The van der Waals surface area contributed by atoms with Crippen LogP contribution in [0.15, 0.2) is 65.1 Å². The monoisotopic (exact) mass is 342 g/mol. The molecule has 0 radical (unpaired) electrons. The third-order valence-corrected chi connectivity index (χ3v) is 3.88. The molecular weight excluding hydrogens is 328 g/mol. The van der Waals surface area contributed by atoms with Gasteiger partial charge >= 0.3 is 0 Å². The van der Waals surface area contributed by atoms with Crippen LogP contribution in [0.25, 0.3) is 10.8 Å². The molecule has 0 bridgehead atoms. The van der Waals surface area contributed by atoms with Gasteiger partial charge in [0.2, 0.25) is 0 Å². The maximum atomic E-state index is 9.92. The Labute approximate surface area is 132 Å². The van der Waals surface area contributed by atoms with Crippen LogP contribution >= 0.6 is 15.9 Å². The molecule has 0 spiro atoms. The second kappa shape index (κ2) is 5.88. The second-order valence-corrected chi connectivity index (χ2v) is 5.85. The number of fused-ring (bicyclic) bond motifs is 1. The maximum Gasteiger partial charge on any atom is 0.135 e. The Morgan fingerprint density at radius 3 is 2.52 bits per heavy atom. The predicted molar refractivity (Wildman–Crippen MR) is 88.8 cm³/mol. The molecule has 3 rings (SSSR count). The van der Waals surface area contributed by atoms with Crippen LogP contribution in [0.4, 0.5) is 0 Å². The summed E-state index contributed by atoms with van der Waals surface area (Å²) in [6, 6.07) is 19.7. The Balaban J connectivity index is 2.07. The highest BCUT2D eigenvalue weighted by Gasteiger charge is 2.12. The first-order valence-electron chi connectivity index (χ1n) is 6.78. The van der Waals surface area contributed by atoms with Crippen molar-refractivity contribution < 1.29 is 9.84 Å². The number of hydrogen-bond acceptors (Lipinski definition) is 2. The van der Waals surface area contributed by atoms with Gasteiger partial charge < -0.3 is 9.84 Å². The summed E-state index contributed by atoms with van der Waals surface area (Å²) in [5.74, 6) is 1.46. The molecule has 2 nitrogen and oxygen atoms in total. The van der Waals surface area contributed by atoms with Crippen molar-refractivity contribution in [3.05, 3.63) is 70.7 Å². The van der Waals surface area contributed by atoms with Crippen LogP contribution in [0.1, 0.15) is 18.6 Å². The lowest BCUT2D eigenvalue weighted by Crippen LogP contribution is -1.96. The number of aliphatic hydroxyl groups excluding tert-OH is 1. The molecule has 0 heterocycles. The quantitative estimate of drug-likeness (QED) is 0.685. The standard InChI is InChI=1S/C18H15BrO2/c1-12(20)16-11-14(19)9-10-18(16)21-17-8-4-6-13-5-2-3-7-15(13)17/h2-12,20H,1H3. The van der Waals surface area contributed by atoms with Crippen LogP contribution in [0.3, 0.4) is 0 Å². The largest absolute Gasteiger partial charge is 0.456 e. The van der Waals surface area contributed by atoms with E-state index < -0.39 is 6.10 Å². The fourth-order valence-electron chi connectivity index (χ4n) is 2.34. The van der Waals surface area contributed by atoms with Crippen molar-refractivity contribution in [2.45, 2.75) is 13.0 Å². The van der Waals surface area contributed by atoms with Gasteiger partial charge in [0.1, 0.15) is 11.5 Å². The molecule has 21 heavy (non-hydrogen) atoms. The molecule has 3 aromatic rings. The molecule has 1 unspecified atom stereocenters. The number of ether oxygens (including phenoxy) is 1. The molecular formula is C18H15BrO2. The van der Waals surface area contributed by atoms with Crippen molar-refractivity contribution >= 4 is 26.7 Å². The van der Waals surface area contributed by atoms with E-state index in [4.69, 9.17) is 4.74 Å². The zero-order valence-electron chi connectivity index (χ0n) is 11.6. The fraction of sp³-hybridized carbons (Fsp3) is 0.111. The summed E-state index contributed by atoms with van der Waals surface area (Å²) < 4.78 is 6.98. The van der Waals surface area contributed by atoms with Crippen molar-refractivity contribution in [3.8, 4) is 11.5 Å². The van der Waals surface area contributed by atoms with Crippen molar-refractivity contribution in [2.75, 3.05) is 0 Å². The summed E-state index contributed by atoms with van der Waals surface area (Å²) in [5, 5.41) is 12.1. The van der Waals surface area contributed by atoms with Gasteiger partial charge in [-0.15, -0.1) is 0 Å². The SMILES string of the molecule is CC(O)c1cc(Br)ccc1Oc1cccc2ccccc12. The molecule has 0 aromatic heterocycles. The molecule has 1 atom stereocenters. The Morgan fingerprint density at radius 1 is 0.952 bits per heavy atom. The van der Waals surface area contributed by atoms with Crippen LogP contribution < -0.4 is 4.74 Å². The van der Waals surface area contributed by atoms with Crippen LogP contribution in [0.5, 0.6) is 11.5 Å². The van der Waals surface area contributed by atoms with Gasteiger partial charge in [0, 0.05) is 15.4 Å². The number of benzene rings is 3. The van der Waals surface area contributed by atoms with Gasteiger partial charge in [-0.2, -0.15) is 0 Å². The van der Waals surface area contributed by atoms with Gasteiger partial charge in [-0.05, 0) is 36.6 Å². The first-order valence-corrected chi connectivity index (χ1v) is 7.57. The van der Waals surface area contributed by atoms with E-state index in [1.165, 1.54) is 0 Å². The minimum Gasteiger partial charge on any atom is -0.456 e. The van der Waals surface area contributed by atoms with Crippen LogP contribution in [0, 0.1) is 0 Å². The maximum absolute atomic E-state index is 9.92. The van der Waals surface area contributed by atoms with E-state index in [9.17, 15) is 5.11 Å². The zero-order chi connectivity index (χ0) is 14.8. The molecule has 0 aliphatic heterocycles. The van der Waals surface area contributed by atoms with E-state index >= 15 is 0 Å². The van der Waals surface area contributed by atoms with Crippen molar-refractivity contribution in [1.82, 2.24) is 0 Å². The average molecular weight is 343 g/mol. The number of rotatable bonds is 3. The summed E-state index contributed by atoms with van der Waals surface area (Å²) in [4.78, 5) is 0. The molecule has 0 amide bonds. The Morgan fingerprint density at radius 2 is 1.71 bits per heavy atom.